The molecular formula is C8H16O2. The summed E-state index contributed by atoms with van der Waals surface area (Å²) in [6, 6.07) is 0. The highest BCUT2D eigenvalue weighted by atomic mass is 16.4. The second-order valence-corrected chi connectivity index (χ2v) is 4.06. The van der Waals surface area contributed by atoms with Crippen LogP contribution in [0.1, 0.15) is 33.6 Å². The van der Waals surface area contributed by atoms with Gasteiger partial charge in [0.15, 0.2) is 0 Å². The minimum atomic E-state index is -0.883. The van der Waals surface area contributed by atoms with Gasteiger partial charge in [0.05, 0.1) is 11.2 Å². The van der Waals surface area contributed by atoms with Gasteiger partial charge in [0.1, 0.15) is 0 Å². The normalized spacial score (nSPS) is 55.5. The molecule has 1 fully saturated rings. The summed E-state index contributed by atoms with van der Waals surface area (Å²) in [5, 5.41) is 19.3. The monoisotopic (exact) mass is 144 g/mol. The summed E-state index contributed by atoms with van der Waals surface area (Å²) < 4.78 is 0. The van der Waals surface area contributed by atoms with Gasteiger partial charge < -0.3 is 10.2 Å². The maximum Gasteiger partial charge on any atom is 0.0905 e. The van der Waals surface area contributed by atoms with Gasteiger partial charge in [-0.1, -0.05) is 6.92 Å². The Morgan fingerprint density at radius 1 is 1.10 bits per heavy atom. The summed E-state index contributed by atoms with van der Waals surface area (Å²) in [6.07, 6.45) is 1.42. The first-order valence-electron chi connectivity index (χ1n) is 3.80. The van der Waals surface area contributed by atoms with Gasteiger partial charge in [0.25, 0.3) is 0 Å². The third kappa shape index (κ3) is 1.06. The average molecular weight is 144 g/mol. The van der Waals surface area contributed by atoms with Crippen molar-refractivity contribution in [2.24, 2.45) is 5.92 Å². The van der Waals surface area contributed by atoms with Gasteiger partial charge in [-0.3, -0.25) is 0 Å². The van der Waals surface area contributed by atoms with E-state index in [1.165, 1.54) is 0 Å². The predicted molar refractivity (Wildman–Crippen MR) is 39.6 cm³/mol. The van der Waals surface area contributed by atoms with Crippen LogP contribution in [0.3, 0.4) is 0 Å². The second-order valence-electron chi connectivity index (χ2n) is 4.06. The van der Waals surface area contributed by atoms with E-state index in [1.807, 2.05) is 0 Å². The van der Waals surface area contributed by atoms with Crippen molar-refractivity contribution in [2.45, 2.75) is 44.8 Å². The molecule has 60 valence electrons. The third-order valence-electron chi connectivity index (χ3n) is 2.65. The lowest BCUT2D eigenvalue weighted by Crippen LogP contribution is -2.44. The van der Waals surface area contributed by atoms with Crippen LogP contribution in [0.25, 0.3) is 0 Å². The van der Waals surface area contributed by atoms with Crippen molar-refractivity contribution in [1.82, 2.24) is 0 Å². The van der Waals surface area contributed by atoms with Crippen molar-refractivity contribution < 1.29 is 10.2 Å². The minimum absolute atomic E-state index is 0.435. The largest absolute Gasteiger partial charge is 0.387 e. The average Bonchev–Trinajstić information content (AvgIpc) is 1.73. The zero-order valence-corrected chi connectivity index (χ0v) is 6.89. The molecule has 1 aliphatic rings. The number of rotatable bonds is 0. The standard InChI is InChI=1S/C8H16O2/c1-6-4-7(2,9)8(3,10)5-6/h6,9-10H,4-5H2,1-3H3. The summed E-state index contributed by atoms with van der Waals surface area (Å²) >= 11 is 0. The Morgan fingerprint density at radius 2 is 1.40 bits per heavy atom. The Balaban J connectivity index is 2.78. The SMILES string of the molecule is CC1CC(C)(O)C(C)(O)C1. The third-order valence-corrected chi connectivity index (χ3v) is 2.65. The van der Waals surface area contributed by atoms with Gasteiger partial charge in [-0.15, -0.1) is 0 Å². The van der Waals surface area contributed by atoms with Gasteiger partial charge in [-0.25, -0.2) is 0 Å². The highest BCUT2D eigenvalue weighted by Gasteiger charge is 2.48. The van der Waals surface area contributed by atoms with Crippen LogP contribution in [-0.4, -0.2) is 21.4 Å². The number of aliphatic hydroxyl groups is 2. The summed E-state index contributed by atoms with van der Waals surface area (Å²) in [6.45, 7) is 5.46. The van der Waals surface area contributed by atoms with Crippen LogP contribution in [0, 0.1) is 5.92 Å². The molecule has 0 bridgehead atoms. The van der Waals surface area contributed by atoms with Crippen LogP contribution < -0.4 is 0 Å². The quantitative estimate of drug-likeness (QED) is 0.530. The first-order valence-corrected chi connectivity index (χ1v) is 3.80. The lowest BCUT2D eigenvalue weighted by molar-refractivity contribution is -0.107. The fourth-order valence-corrected chi connectivity index (χ4v) is 1.87. The molecule has 0 aliphatic heterocycles. The smallest absolute Gasteiger partial charge is 0.0905 e. The van der Waals surface area contributed by atoms with Crippen molar-refractivity contribution in [3.8, 4) is 0 Å². The lowest BCUT2D eigenvalue weighted by Gasteiger charge is -2.31. The van der Waals surface area contributed by atoms with Crippen LogP contribution >= 0.6 is 0 Å². The summed E-state index contributed by atoms with van der Waals surface area (Å²) in [5.74, 6) is 0.435. The molecule has 10 heavy (non-hydrogen) atoms. The fraction of sp³-hybridized carbons (Fsp3) is 1.00. The molecule has 0 amide bonds. The molecule has 2 nitrogen and oxygen atoms in total. The molecule has 2 unspecified atom stereocenters. The summed E-state index contributed by atoms with van der Waals surface area (Å²) in [5.41, 5.74) is -1.77. The number of hydrogen-bond acceptors (Lipinski definition) is 2. The van der Waals surface area contributed by atoms with Crippen molar-refractivity contribution in [3.63, 3.8) is 0 Å². The van der Waals surface area contributed by atoms with E-state index in [-0.39, 0.29) is 0 Å². The molecule has 0 saturated heterocycles. The molecule has 0 aromatic rings. The lowest BCUT2D eigenvalue weighted by atomic mass is 9.90. The van der Waals surface area contributed by atoms with Gasteiger partial charge >= 0.3 is 0 Å². The molecule has 2 heteroatoms. The zero-order valence-electron chi connectivity index (χ0n) is 6.89. The topological polar surface area (TPSA) is 40.5 Å². The van der Waals surface area contributed by atoms with Gasteiger partial charge in [-0.2, -0.15) is 0 Å². The van der Waals surface area contributed by atoms with Crippen LogP contribution in [0.15, 0.2) is 0 Å². The van der Waals surface area contributed by atoms with Crippen LogP contribution in [0.5, 0.6) is 0 Å². The first-order chi connectivity index (χ1) is 4.35. The summed E-state index contributed by atoms with van der Waals surface area (Å²) in [7, 11) is 0. The van der Waals surface area contributed by atoms with Crippen molar-refractivity contribution in [3.05, 3.63) is 0 Å². The first kappa shape index (κ1) is 8.02. The highest BCUT2D eigenvalue weighted by molar-refractivity contribution is 5.01. The van der Waals surface area contributed by atoms with Crippen LogP contribution in [-0.2, 0) is 0 Å². The molecule has 0 aromatic heterocycles. The molecule has 2 atom stereocenters. The Hall–Kier alpha value is -0.0800. The fourth-order valence-electron chi connectivity index (χ4n) is 1.87. The van der Waals surface area contributed by atoms with E-state index in [9.17, 15) is 10.2 Å². The van der Waals surface area contributed by atoms with E-state index >= 15 is 0 Å². The van der Waals surface area contributed by atoms with E-state index < -0.39 is 11.2 Å². The van der Waals surface area contributed by atoms with Crippen LogP contribution in [0.4, 0.5) is 0 Å². The Kier molecular flexibility index (Phi) is 1.57. The molecule has 0 radical (unpaired) electrons. The van der Waals surface area contributed by atoms with Gasteiger partial charge in [0, 0.05) is 0 Å². The Morgan fingerprint density at radius 3 is 1.50 bits per heavy atom. The maximum absolute atomic E-state index is 9.64. The zero-order chi connectivity index (χ0) is 7.99. The molecule has 1 rings (SSSR count). The molecule has 0 aromatic carbocycles. The van der Waals surface area contributed by atoms with Gasteiger partial charge in [-0.05, 0) is 32.6 Å². The van der Waals surface area contributed by atoms with E-state index in [0.717, 1.165) is 0 Å². The van der Waals surface area contributed by atoms with E-state index in [4.69, 9.17) is 0 Å². The molecular weight excluding hydrogens is 128 g/mol. The second kappa shape index (κ2) is 1.95. The van der Waals surface area contributed by atoms with Crippen molar-refractivity contribution in [2.75, 3.05) is 0 Å². The Labute approximate surface area is 61.9 Å². The van der Waals surface area contributed by atoms with Gasteiger partial charge in [0.2, 0.25) is 0 Å². The van der Waals surface area contributed by atoms with Crippen molar-refractivity contribution >= 4 is 0 Å². The minimum Gasteiger partial charge on any atom is -0.387 e. The van der Waals surface area contributed by atoms with Crippen LogP contribution in [0.2, 0.25) is 0 Å². The highest BCUT2D eigenvalue weighted by Crippen LogP contribution is 2.41. The summed E-state index contributed by atoms with van der Waals surface area (Å²) in [4.78, 5) is 0. The van der Waals surface area contributed by atoms with E-state index in [0.29, 0.717) is 18.8 Å². The molecule has 1 aliphatic carbocycles. The predicted octanol–water partition coefficient (Wildman–Crippen LogP) is 0.918. The number of hydrogen-bond donors (Lipinski definition) is 2. The molecule has 2 N–H and O–H groups in total. The van der Waals surface area contributed by atoms with Crippen molar-refractivity contribution in [1.29, 1.82) is 0 Å². The molecule has 0 spiro atoms. The maximum atomic E-state index is 9.64. The van der Waals surface area contributed by atoms with E-state index in [1.54, 1.807) is 13.8 Å². The van der Waals surface area contributed by atoms with E-state index in [2.05, 4.69) is 6.92 Å². The Bertz CT molecular complexity index is 122. The molecule has 0 heterocycles. The molecule has 1 saturated carbocycles.